The second kappa shape index (κ2) is 5.90. The van der Waals surface area contributed by atoms with E-state index < -0.39 is 0 Å². The Kier molecular flexibility index (Phi) is 4.01. The first-order chi connectivity index (χ1) is 9.31. The SMILES string of the molecule is Brc1ccc(-c2ccc(CN3CCOCC3)o2)cc1. The molecule has 0 bridgehead atoms. The fourth-order valence-electron chi connectivity index (χ4n) is 2.21. The summed E-state index contributed by atoms with van der Waals surface area (Å²) in [6, 6.07) is 12.3. The van der Waals surface area contributed by atoms with Gasteiger partial charge in [0.05, 0.1) is 19.8 Å². The van der Waals surface area contributed by atoms with Crippen LogP contribution in [0.25, 0.3) is 11.3 Å². The molecule has 19 heavy (non-hydrogen) atoms. The van der Waals surface area contributed by atoms with Gasteiger partial charge < -0.3 is 9.15 Å². The molecule has 0 spiro atoms. The fourth-order valence-corrected chi connectivity index (χ4v) is 2.48. The van der Waals surface area contributed by atoms with Crippen molar-refractivity contribution in [2.45, 2.75) is 6.54 Å². The predicted octanol–water partition coefficient (Wildman–Crippen LogP) is 3.54. The van der Waals surface area contributed by atoms with Gasteiger partial charge in [-0.15, -0.1) is 0 Å². The van der Waals surface area contributed by atoms with Crippen LogP contribution in [-0.4, -0.2) is 31.2 Å². The van der Waals surface area contributed by atoms with Gasteiger partial charge in [0.1, 0.15) is 11.5 Å². The monoisotopic (exact) mass is 321 g/mol. The van der Waals surface area contributed by atoms with Gasteiger partial charge in [-0.3, -0.25) is 4.90 Å². The van der Waals surface area contributed by atoms with Crippen LogP contribution < -0.4 is 0 Å². The number of hydrogen-bond donors (Lipinski definition) is 0. The Balaban J connectivity index is 1.70. The van der Waals surface area contributed by atoms with Crippen LogP contribution in [0.5, 0.6) is 0 Å². The fraction of sp³-hybridized carbons (Fsp3) is 0.333. The molecule has 1 aromatic heterocycles. The average Bonchev–Trinajstić information content (AvgIpc) is 2.89. The van der Waals surface area contributed by atoms with Gasteiger partial charge in [0.25, 0.3) is 0 Å². The minimum absolute atomic E-state index is 0.820. The Morgan fingerprint density at radius 1 is 1.00 bits per heavy atom. The lowest BCUT2D eigenvalue weighted by molar-refractivity contribution is 0.0314. The van der Waals surface area contributed by atoms with E-state index in [2.05, 4.69) is 39.0 Å². The number of ether oxygens (including phenoxy) is 1. The molecule has 2 aromatic rings. The molecule has 1 fully saturated rings. The third-order valence-electron chi connectivity index (χ3n) is 3.27. The predicted molar refractivity (Wildman–Crippen MR) is 77.9 cm³/mol. The number of halogens is 1. The Bertz CT molecular complexity index is 529. The topological polar surface area (TPSA) is 25.6 Å². The van der Waals surface area contributed by atoms with Crippen molar-refractivity contribution in [2.24, 2.45) is 0 Å². The van der Waals surface area contributed by atoms with Gasteiger partial charge >= 0.3 is 0 Å². The van der Waals surface area contributed by atoms with Crippen LogP contribution in [0.15, 0.2) is 45.3 Å². The molecule has 1 aliphatic rings. The molecule has 0 aliphatic carbocycles. The Hall–Kier alpha value is -1.10. The third kappa shape index (κ3) is 3.26. The van der Waals surface area contributed by atoms with E-state index in [1.165, 1.54) is 0 Å². The minimum atomic E-state index is 0.820. The third-order valence-corrected chi connectivity index (χ3v) is 3.80. The van der Waals surface area contributed by atoms with Gasteiger partial charge in [-0.05, 0) is 24.3 Å². The number of rotatable bonds is 3. The molecular weight excluding hydrogens is 306 g/mol. The van der Waals surface area contributed by atoms with Crippen molar-refractivity contribution in [3.05, 3.63) is 46.6 Å². The normalized spacial score (nSPS) is 16.7. The summed E-state index contributed by atoms with van der Waals surface area (Å²) < 4.78 is 12.3. The van der Waals surface area contributed by atoms with Crippen LogP contribution in [0, 0.1) is 0 Å². The molecule has 0 amide bonds. The van der Waals surface area contributed by atoms with Crippen molar-refractivity contribution in [3.63, 3.8) is 0 Å². The Labute approximate surface area is 121 Å². The van der Waals surface area contributed by atoms with Gasteiger partial charge in [0.15, 0.2) is 0 Å². The zero-order chi connectivity index (χ0) is 13.1. The van der Waals surface area contributed by atoms with E-state index >= 15 is 0 Å². The first-order valence-electron chi connectivity index (χ1n) is 6.46. The highest BCUT2D eigenvalue weighted by atomic mass is 79.9. The van der Waals surface area contributed by atoms with Crippen molar-refractivity contribution in [1.82, 2.24) is 4.90 Å². The smallest absolute Gasteiger partial charge is 0.134 e. The zero-order valence-corrected chi connectivity index (χ0v) is 12.2. The molecule has 0 N–H and O–H groups in total. The van der Waals surface area contributed by atoms with Crippen LogP contribution in [0.4, 0.5) is 0 Å². The zero-order valence-electron chi connectivity index (χ0n) is 10.6. The number of nitrogens with zero attached hydrogens (tertiary/aromatic N) is 1. The van der Waals surface area contributed by atoms with Crippen LogP contribution >= 0.6 is 15.9 Å². The standard InChI is InChI=1S/C15H16BrNO2/c16-13-3-1-12(2-4-13)15-6-5-14(19-15)11-17-7-9-18-10-8-17/h1-6H,7-11H2. The first kappa shape index (κ1) is 12.9. The summed E-state index contributed by atoms with van der Waals surface area (Å²) in [4.78, 5) is 2.35. The first-order valence-corrected chi connectivity index (χ1v) is 7.25. The summed E-state index contributed by atoms with van der Waals surface area (Å²) in [7, 11) is 0. The van der Waals surface area contributed by atoms with Gasteiger partial charge in [0, 0.05) is 23.1 Å². The highest BCUT2D eigenvalue weighted by Gasteiger charge is 2.13. The van der Waals surface area contributed by atoms with Crippen molar-refractivity contribution in [1.29, 1.82) is 0 Å². The highest BCUT2D eigenvalue weighted by Crippen LogP contribution is 2.24. The second-order valence-electron chi connectivity index (χ2n) is 4.66. The maximum Gasteiger partial charge on any atom is 0.134 e. The van der Waals surface area contributed by atoms with E-state index in [4.69, 9.17) is 9.15 Å². The lowest BCUT2D eigenvalue weighted by atomic mass is 10.2. The molecule has 100 valence electrons. The Morgan fingerprint density at radius 2 is 1.74 bits per heavy atom. The molecule has 0 atom stereocenters. The molecule has 3 nitrogen and oxygen atoms in total. The summed E-state index contributed by atoms with van der Waals surface area (Å²) in [5, 5.41) is 0. The molecule has 0 saturated carbocycles. The van der Waals surface area contributed by atoms with E-state index in [0.717, 1.165) is 54.4 Å². The van der Waals surface area contributed by atoms with Gasteiger partial charge in [-0.25, -0.2) is 0 Å². The number of hydrogen-bond acceptors (Lipinski definition) is 3. The van der Waals surface area contributed by atoms with E-state index in [-0.39, 0.29) is 0 Å². The number of furan rings is 1. The molecular formula is C15H16BrNO2. The summed E-state index contributed by atoms with van der Waals surface area (Å²) in [5.74, 6) is 1.94. The van der Waals surface area contributed by atoms with Crippen LogP contribution in [-0.2, 0) is 11.3 Å². The molecule has 1 aliphatic heterocycles. The summed E-state index contributed by atoms with van der Waals surface area (Å²) in [6.45, 7) is 4.46. The number of benzene rings is 1. The van der Waals surface area contributed by atoms with Crippen molar-refractivity contribution < 1.29 is 9.15 Å². The second-order valence-corrected chi connectivity index (χ2v) is 5.58. The van der Waals surface area contributed by atoms with Crippen LogP contribution in [0.1, 0.15) is 5.76 Å². The summed E-state index contributed by atoms with van der Waals surface area (Å²) >= 11 is 3.44. The summed E-state index contributed by atoms with van der Waals surface area (Å²) in [5.41, 5.74) is 1.11. The van der Waals surface area contributed by atoms with E-state index in [9.17, 15) is 0 Å². The van der Waals surface area contributed by atoms with Gasteiger partial charge in [0.2, 0.25) is 0 Å². The molecule has 0 unspecified atom stereocenters. The summed E-state index contributed by atoms with van der Waals surface area (Å²) in [6.07, 6.45) is 0. The largest absolute Gasteiger partial charge is 0.460 e. The van der Waals surface area contributed by atoms with Gasteiger partial charge in [-0.2, -0.15) is 0 Å². The highest BCUT2D eigenvalue weighted by molar-refractivity contribution is 9.10. The van der Waals surface area contributed by atoms with Crippen molar-refractivity contribution in [2.75, 3.05) is 26.3 Å². The average molecular weight is 322 g/mol. The van der Waals surface area contributed by atoms with Crippen LogP contribution in [0.2, 0.25) is 0 Å². The molecule has 4 heteroatoms. The number of morpholine rings is 1. The molecule has 3 rings (SSSR count). The minimum Gasteiger partial charge on any atom is -0.460 e. The molecule has 0 radical (unpaired) electrons. The van der Waals surface area contributed by atoms with E-state index in [0.29, 0.717) is 0 Å². The van der Waals surface area contributed by atoms with Crippen molar-refractivity contribution >= 4 is 15.9 Å². The molecule has 2 heterocycles. The Morgan fingerprint density at radius 3 is 2.47 bits per heavy atom. The van der Waals surface area contributed by atoms with E-state index in [1.807, 2.05) is 18.2 Å². The quantitative estimate of drug-likeness (QED) is 0.864. The van der Waals surface area contributed by atoms with Crippen molar-refractivity contribution in [3.8, 4) is 11.3 Å². The maximum absolute atomic E-state index is 5.91. The van der Waals surface area contributed by atoms with Gasteiger partial charge in [-0.1, -0.05) is 28.1 Å². The van der Waals surface area contributed by atoms with Crippen LogP contribution in [0.3, 0.4) is 0 Å². The van der Waals surface area contributed by atoms with E-state index in [1.54, 1.807) is 0 Å². The lowest BCUT2D eigenvalue weighted by Gasteiger charge is -2.25. The lowest BCUT2D eigenvalue weighted by Crippen LogP contribution is -2.35. The molecule has 1 aromatic carbocycles. The maximum atomic E-state index is 5.91. The molecule has 1 saturated heterocycles.